The minimum absolute atomic E-state index is 0.149. The lowest BCUT2D eigenvalue weighted by atomic mass is 9.81. The van der Waals surface area contributed by atoms with E-state index in [0.717, 1.165) is 17.7 Å². The largest absolute Gasteiger partial charge is 0.478 e. The Balaban J connectivity index is 2.02. The Kier molecular flexibility index (Phi) is 4.87. The van der Waals surface area contributed by atoms with Gasteiger partial charge in [-0.05, 0) is 53.8 Å². The first-order valence-corrected chi connectivity index (χ1v) is 9.41. The number of pyridine rings is 1. The molecule has 0 aliphatic carbocycles. The van der Waals surface area contributed by atoms with Gasteiger partial charge in [0.15, 0.2) is 0 Å². The van der Waals surface area contributed by atoms with Crippen molar-refractivity contribution < 1.29 is 9.90 Å². The topological polar surface area (TPSA) is 50.2 Å². The fourth-order valence-corrected chi connectivity index (χ4v) is 4.56. The molecule has 3 rings (SSSR count). The van der Waals surface area contributed by atoms with Crippen molar-refractivity contribution in [2.45, 2.75) is 43.9 Å². The summed E-state index contributed by atoms with van der Waals surface area (Å²) in [6.45, 7) is 6.43. The highest BCUT2D eigenvalue weighted by Gasteiger charge is 2.27. The molecule has 3 nitrogen and oxygen atoms in total. The lowest BCUT2D eigenvalue weighted by molar-refractivity contribution is 0.0695. The highest BCUT2D eigenvalue weighted by atomic mass is 32.2. The molecule has 2 heterocycles. The standard InChI is InChI=1S/C21H21NO2S/c1-4-17-19(20(23)24)15(9-11-22-17)7-5-14-6-8-18-16(13-14)21(2,3)10-12-25-18/h6,8-9,11,13H,4,10,12H2,1-3H3,(H,23,24). The minimum Gasteiger partial charge on any atom is -0.478 e. The van der Waals surface area contributed by atoms with E-state index in [1.54, 1.807) is 12.3 Å². The van der Waals surface area contributed by atoms with E-state index < -0.39 is 5.97 Å². The number of benzene rings is 1. The summed E-state index contributed by atoms with van der Waals surface area (Å²) >= 11 is 1.89. The fraction of sp³-hybridized carbons (Fsp3) is 0.333. The molecular weight excluding hydrogens is 330 g/mol. The number of aryl methyl sites for hydroxylation is 1. The molecule has 0 amide bonds. The summed E-state index contributed by atoms with van der Waals surface area (Å²) in [5.41, 5.74) is 3.70. The minimum atomic E-state index is -0.975. The zero-order valence-corrected chi connectivity index (χ0v) is 15.5. The molecule has 0 saturated carbocycles. The summed E-state index contributed by atoms with van der Waals surface area (Å²) in [5.74, 6) is 6.36. The van der Waals surface area contributed by atoms with Gasteiger partial charge in [0.05, 0.1) is 11.3 Å². The fourth-order valence-electron chi connectivity index (χ4n) is 3.07. The van der Waals surface area contributed by atoms with Gasteiger partial charge in [-0.3, -0.25) is 4.98 Å². The van der Waals surface area contributed by atoms with Gasteiger partial charge in [-0.1, -0.05) is 32.6 Å². The van der Waals surface area contributed by atoms with E-state index in [1.807, 2.05) is 24.8 Å². The molecule has 0 bridgehead atoms. The first kappa shape index (κ1) is 17.6. The highest BCUT2D eigenvalue weighted by molar-refractivity contribution is 7.99. The molecule has 0 unspecified atom stereocenters. The number of aromatic carboxylic acids is 1. The quantitative estimate of drug-likeness (QED) is 0.809. The van der Waals surface area contributed by atoms with Crippen LogP contribution in [-0.4, -0.2) is 21.8 Å². The number of rotatable bonds is 2. The van der Waals surface area contributed by atoms with Crippen LogP contribution in [0.1, 0.15) is 59.9 Å². The summed E-state index contributed by atoms with van der Waals surface area (Å²) in [4.78, 5) is 17.1. The molecule has 1 N–H and O–H groups in total. The van der Waals surface area contributed by atoms with Crippen LogP contribution in [0.25, 0.3) is 0 Å². The molecule has 128 valence electrons. The normalized spacial score (nSPS) is 15.0. The maximum Gasteiger partial charge on any atom is 0.338 e. The number of carboxylic acids is 1. The highest BCUT2D eigenvalue weighted by Crippen LogP contribution is 2.41. The Labute approximate surface area is 152 Å². The van der Waals surface area contributed by atoms with Crippen LogP contribution in [0.4, 0.5) is 0 Å². The maximum atomic E-state index is 11.6. The number of hydrogen-bond donors (Lipinski definition) is 1. The van der Waals surface area contributed by atoms with Crippen LogP contribution >= 0.6 is 11.8 Å². The molecule has 1 aliphatic heterocycles. The molecule has 4 heteroatoms. The molecule has 0 atom stereocenters. The van der Waals surface area contributed by atoms with Crippen LogP contribution in [-0.2, 0) is 11.8 Å². The maximum absolute atomic E-state index is 11.6. The average molecular weight is 351 g/mol. The van der Waals surface area contributed by atoms with Gasteiger partial charge in [-0.15, -0.1) is 11.8 Å². The lowest BCUT2D eigenvalue weighted by Gasteiger charge is -2.32. The van der Waals surface area contributed by atoms with E-state index in [4.69, 9.17) is 0 Å². The monoisotopic (exact) mass is 351 g/mol. The Morgan fingerprint density at radius 3 is 2.84 bits per heavy atom. The summed E-state index contributed by atoms with van der Waals surface area (Å²) in [7, 11) is 0. The number of carbonyl (C=O) groups is 1. The van der Waals surface area contributed by atoms with Gasteiger partial charge in [-0.25, -0.2) is 4.79 Å². The lowest BCUT2D eigenvalue weighted by Crippen LogP contribution is -2.22. The number of aromatic nitrogens is 1. The van der Waals surface area contributed by atoms with Gasteiger partial charge in [0.1, 0.15) is 0 Å². The van der Waals surface area contributed by atoms with Crippen LogP contribution < -0.4 is 0 Å². The van der Waals surface area contributed by atoms with Gasteiger partial charge in [0, 0.05) is 22.2 Å². The molecule has 1 aromatic carbocycles. The summed E-state index contributed by atoms with van der Waals surface area (Å²) in [6, 6.07) is 7.97. The van der Waals surface area contributed by atoms with Gasteiger partial charge < -0.3 is 5.11 Å². The van der Waals surface area contributed by atoms with Crippen LogP contribution in [0, 0.1) is 11.8 Å². The Bertz CT molecular complexity index is 890. The Morgan fingerprint density at radius 2 is 2.12 bits per heavy atom. The first-order chi connectivity index (χ1) is 11.9. The second-order valence-electron chi connectivity index (χ2n) is 6.78. The van der Waals surface area contributed by atoms with Crippen LogP contribution in [0.15, 0.2) is 35.4 Å². The van der Waals surface area contributed by atoms with E-state index in [0.29, 0.717) is 17.7 Å². The number of nitrogens with zero attached hydrogens (tertiary/aromatic N) is 1. The number of thioether (sulfide) groups is 1. The zero-order chi connectivity index (χ0) is 18.0. The van der Waals surface area contributed by atoms with Crippen molar-refractivity contribution in [3.05, 3.63) is 58.4 Å². The predicted octanol–water partition coefficient (Wildman–Crippen LogP) is 4.52. The number of carboxylic acid groups (broad SMARTS) is 1. The van der Waals surface area contributed by atoms with E-state index in [2.05, 4.69) is 42.8 Å². The van der Waals surface area contributed by atoms with Gasteiger partial charge in [0.2, 0.25) is 0 Å². The number of hydrogen-bond acceptors (Lipinski definition) is 3. The third kappa shape index (κ3) is 3.57. The molecular formula is C21H21NO2S. The zero-order valence-electron chi connectivity index (χ0n) is 14.7. The Morgan fingerprint density at radius 1 is 1.32 bits per heavy atom. The molecule has 25 heavy (non-hydrogen) atoms. The van der Waals surface area contributed by atoms with Gasteiger partial charge in [-0.2, -0.15) is 0 Å². The first-order valence-electron chi connectivity index (χ1n) is 8.43. The van der Waals surface area contributed by atoms with Crippen molar-refractivity contribution in [3.63, 3.8) is 0 Å². The second-order valence-corrected chi connectivity index (χ2v) is 7.92. The number of fused-ring (bicyclic) bond motifs is 1. The molecule has 2 aromatic rings. The third-order valence-corrected chi connectivity index (χ3v) is 5.69. The molecule has 0 fully saturated rings. The van der Waals surface area contributed by atoms with Gasteiger partial charge >= 0.3 is 5.97 Å². The van der Waals surface area contributed by atoms with Crippen molar-refractivity contribution in [1.29, 1.82) is 0 Å². The van der Waals surface area contributed by atoms with E-state index >= 15 is 0 Å². The molecule has 0 radical (unpaired) electrons. The molecule has 0 spiro atoms. The van der Waals surface area contributed by atoms with Crippen LogP contribution in [0.3, 0.4) is 0 Å². The SMILES string of the molecule is CCc1nccc(C#Cc2ccc3c(c2)C(C)(C)CCS3)c1C(=O)O. The van der Waals surface area contributed by atoms with E-state index in [1.165, 1.54) is 10.5 Å². The van der Waals surface area contributed by atoms with Crippen molar-refractivity contribution in [2.75, 3.05) is 5.75 Å². The van der Waals surface area contributed by atoms with Gasteiger partial charge in [0.25, 0.3) is 0 Å². The third-order valence-electron chi connectivity index (χ3n) is 4.61. The van der Waals surface area contributed by atoms with E-state index in [-0.39, 0.29) is 11.0 Å². The summed E-state index contributed by atoms with van der Waals surface area (Å²) < 4.78 is 0. The van der Waals surface area contributed by atoms with Crippen molar-refractivity contribution in [1.82, 2.24) is 4.98 Å². The van der Waals surface area contributed by atoms with Crippen molar-refractivity contribution in [3.8, 4) is 11.8 Å². The Hall–Kier alpha value is -2.25. The predicted molar refractivity (Wildman–Crippen MR) is 101 cm³/mol. The smallest absolute Gasteiger partial charge is 0.338 e. The van der Waals surface area contributed by atoms with Crippen molar-refractivity contribution in [2.24, 2.45) is 0 Å². The van der Waals surface area contributed by atoms with Crippen LogP contribution in [0.2, 0.25) is 0 Å². The average Bonchev–Trinajstić information content (AvgIpc) is 2.59. The molecule has 1 aromatic heterocycles. The molecule has 0 saturated heterocycles. The van der Waals surface area contributed by atoms with Crippen molar-refractivity contribution >= 4 is 17.7 Å². The summed E-state index contributed by atoms with van der Waals surface area (Å²) in [5, 5.41) is 9.49. The second kappa shape index (κ2) is 6.93. The molecule has 1 aliphatic rings. The van der Waals surface area contributed by atoms with E-state index in [9.17, 15) is 9.90 Å². The van der Waals surface area contributed by atoms with Crippen LogP contribution in [0.5, 0.6) is 0 Å². The summed E-state index contributed by atoms with van der Waals surface area (Å²) in [6.07, 6.45) is 3.35.